The molecule has 0 atom stereocenters. The van der Waals surface area contributed by atoms with Crippen molar-refractivity contribution < 1.29 is 10.2 Å². The Balaban J connectivity index is 2.67. The number of aromatic hydroxyl groups is 2. The van der Waals surface area contributed by atoms with Crippen molar-refractivity contribution in [2.24, 2.45) is 0 Å². The summed E-state index contributed by atoms with van der Waals surface area (Å²) in [4.78, 5) is 0. The zero-order valence-corrected chi connectivity index (χ0v) is 16.5. The predicted octanol–water partition coefficient (Wildman–Crippen LogP) is 6.22. The van der Waals surface area contributed by atoms with Crippen LogP contribution < -0.4 is 0 Å². The third kappa shape index (κ3) is 3.53. The largest absolute Gasteiger partial charge is 0.507 e. The molecule has 2 N–H and O–H groups in total. The molecule has 0 radical (unpaired) electrons. The Labute approximate surface area is 152 Å². The van der Waals surface area contributed by atoms with E-state index in [4.69, 9.17) is 0 Å². The van der Waals surface area contributed by atoms with Crippen LogP contribution in [0.15, 0.2) is 24.3 Å². The van der Waals surface area contributed by atoms with Crippen molar-refractivity contribution in [1.29, 1.82) is 0 Å². The summed E-state index contributed by atoms with van der Waals surface area (Å²) in [5.74, 6) is 0.765. The van der Waals surface area contributed by atoms with Crippen LogP contribution >= 0.6 is 0 Å². The highest BCUT2D eigenvalue weighted by atomic mass is 16.3. The maximum absolute atomic E-state index is 10.5. The number of rotatable bonds is 6. The Kier molecular flexibility index (Phi) is 5.82. The lowest BCUT2D eigenvalue weighted by Gasteiger charge is -2.35. The predicted molar refractivity (Wildman–Crippen MR) is 106 cm³/mol. The topological polar surface area (TPSA) is 40.5 Å². The molecule has 0 amide bonds. The smallest absolute Gasteiger partial charge is 0.121 e. The number of phenols is 2. The van der Waals surface area contributed by atoms with Crippen LogP contribution in [0.1, 0.15) is 72.9 Å². The van der Waals surface area contributed by atoms with Crippen LogP contribution in [0.25, 0.3) is 0 Å². The number of benzene rings is 2. The number of hydrogen-bond donors (Lipinski definition) is 2. The molecule has 0 bridgehead atoms. The molecule has 0 aliphatic rings. The highest BCUT2D eigenvalue weighted by Gasteiger charge is 2.33. The summed E-state index contributed by atoms with van der Waals surface area (Å²) >= 11 is 0. The fourth-order valence-corrected chi connectivity index (χ4v) is 4.01. The molecular weight excluding hydrogens is 308 g/mol. The molecule has 2 nitrogen and oxygen atoms in total. The van der Waals surface area contributed by atoms with Crippen LogP contribution in [-0.4, -0.2) is 10.2 Å². The molecule has 0 heterocycles. The fraction of sp³-hybridized carbons (Fsp3) is 0.478. The van der Waals surface area contributed by atoms with Gasteiger partial charge in [0.2, 0.25) is 0 Å². The molecule has 0 aliphatic carbocycles. The molecule has 2 aromatic rings. The van der Waals surface area contributed by atoms with Gasteiger partial charge in [-0.25, -0.2) is 0 Å². The van der Waals surface area contributed by atoms with E-state index < -0.39 is 0 Å². The second-order valence-electron chi connectivity index (χ2n) is 7.60. The Morgan fingerprint density at radius 3 is 1.60 bits per heavy atom. The van der Waals surface area contributed by atoms with Gasteiger partial charge in [0.15, 0.2) is 0 Å². The standard InChI is InChI=1S/C23H32O2/c1-7-8-9-14-23(6,19-12-10-15(2)21(24)17(19)4)20-13-11-16(3)22(25)18(20)5/h10-13,24-25H,7-9,14H2,1-6H3. The first-order valence-electron chi connectivity index (χ1n) is 9.33. The molecule has 2 heteroatoms. The molecule has 136 valence electrons. The Hall–Kier alpha value is -1.96. The maximum Gasteiger partial charge on any atom is 0.121 e. The van der Waals surface area contributed by atoms with E-state index in [1.165, 1.54) is 12.8 Å². The van der Waals surface area contributed by atoms with Crippen LogP contribution in [0.3, 0.4) is 0 Å². The molecular formula is C23H32O2. The van der Waals surface area contributed by atoms with E-state index in [0.717, 1.165) is 46.2 Å². The minimum Gasteiger partial charge on any atom is -0.507 e. The zero-order chi connectivity index (χ0) is 18.8. The van der Waals surface area contributed by atoms with Crippen LogP contribution in [-0.2, 0) is 5.41 Å². The fourth-order valence-electron chi connectivity index (χ4n) is 4.01. The molecule has 0 aliphatic heterocycles. The van der Waals surface area contributed by atoms with E-state index >= 15 is 0 Å². The molecule has 2 rings (SSSR count). The molecule has 25 heavy (non-hydrogen) atoms. The second-order valence-corrected chi connectivity index (χ2v) is 7.60. The number of hydrogen-bond acceptors (Lipinski definition) is 2. The summed E-state index contributed by atoms with van der Waals surface area (Å²) in [6.07, 6.45) is 4.47. The van der Waals surface area contributed by atoms with Crippen molar-refractivity contribution in [2.75, 3.05) is 0 Å². The van der Waals surface area contributed by atoms with Gasteiger partial charge in [-0.2, -0.15) is 0 Å². The van der Waals surface area contributed by atoms with Crippen LogP contribution in [0.2, 0.25) is 0 Å². The first-order chi connectivity index (χ1) is 11.7. The van der Waals surface area contributed by atoms with E-state index in [1.807, 2.05) is 39.8 Å². The van der Waals surface area contributed by atoms with Crippen molar-refractivity contribution in [3.63, 3.8) is 0 Å². The van der Waals surface area contributed by atoms with Crippen LogP contribution in [0.5, 0.6) is 11.5 Å². The Bertz CT molecular complexity index is 702. The van der Waals surface area contributed by atoms with Gasteiger partial charge in [-0.3, -0.25) is 0 Å². The highest BCUT2D eigenvalue weighted by Crippen LogP contribution is 2.44. The summed E-state index contributed by atoms with van der Waals surface area (Å²) in [5.41, 5.74) is 5.76. The normalized spacial score (nSPS) is 11.8. The number of aryl methyl sites for hydroxylation is 2. The van der Waals surface area contributed by atoms with Crippen molar-refractivity contribution in [2.45, 2.75) is 72.6 Å². The van der Waals surface area contributed by atoms with Crippen molar-refractivity contribution >= 4 is 0 Å². The van der Waals surface area contributed by atoms with Gasteiger partial charge in [-0.05, 0) is 67.5 Å². The van der Waals surface area contributed by atoms with Crippen LogP contribution in [0, 0.1) is 27.7 Å². The van der Waals surface area contributed by atoms with Crippen molar-refractivity contribution in [3.8, 4) is 11.5 Å². The maximum atomic E-state index is 10.5. The second kappa shape index (κ2) is 7.51. The van der Waals surface area contributed by atoms with E-state index in [-0.39, 0.29) is 5.41 Å². The highest BCUT2D eigenvalue weighted by molar-refractivity contribution is 5.55. The van der Waals surface area contributed by atoms with Crippen molar-refractivity contribution in [1.82, 2.24) is 0 Å². The molecule has 0 fully saturated rings. The first-order valence-corrected chi connectivity index (χ1v) is 9.33. The summed E-state index contributed by atoms with van der Waals surface area (Å²) in [6, 6.07) is 8.29. The van der Waals surface area contributed by atoms with E-state index in [2.05, 4.69) is 26.0 Å². The molecule has 0 saturated carbocycles. The van der Waals surface area contributed by atoms with Gasteiger partial charge in [-0.1, -0.05) is 57.4 Å². The van der Waals surface area contributed by atoms with Crippen molar-refractivity contribution in [3.05, 3.63) is 57.6 Å². The van der Waals surface area contributed by atoms with Gasteiger partial charge < -0.3 is 10.2 Å². The molecule has 0 unspecified atom stereocenters. The Morgan fingerprint density at radius 1 is 0.760 bits per heavy atom. The summed E-state index contributed by atoms with van der Waals surface area (Å²) < 4.78 is 0. The van der Waals surface area contributed by atoms with Gasteiger partial charge >= 0.3 is 0 Å². The lowest BCUT2D eigenvalue weighted by atomic mass is 9.69. The third-order valence-corrected chi connectivity index (χ3v) is 5.73. The third-order valence-electron chi connectivity index (χ3n) is 5.73. The average Bonchev–Trinajstić information content (AvgIpc) is 2.57. The minimum atomic E-state index is -0.236. The van der Waals surface area contributed by atoms with Crippen LogP contribution in [0.4, 0.5) is 0 Å². The molecule has 0 saturated heterocycles. The summed E-state index contributed by atoms with van der Waals surface area (Å²) in [7, 11) is 0. The summed E-state index contributed by atoms with van der Waals surface area (Å²) in [6.45, 7) is 12.3. The monoisotopic (exact) mass is 340 g/mol. The van der Waals surface area contributed by atoms with E-state index in [1.54, 1.807) is 0 Å². The van der Waals surface area contributed by atoms with Gasteiger partial charge in [0, 0.05) is 5.41 Å². The average molecular weight is 341 g/mol. The van der Waals surface area contributed by atoms with E-state index in [9.17, 15) is 10.2 Å². The van der Waals surface area contributed by atoms with Gasteiger partial charge in [0.1, 0.15) is 11.5 Å². The Morgan fingerprint density at radius 2 is 1.20 bits per heavy atom. The summed E-state index contributed by atoms with van der Waals surface area (Å²) in [5, 5.41) is 21.0. The molecule has 0 spiro atoms. The molecule has 2 aromatic carbocycles. The number of unbranched alkanes of at least 4 members (excludes halogenated alkanes) is 2. The van der Waals surface area contributed by atoms with E-state index in [0.29, 0.717) is 11.5 Å². The minimum absolute atomic E-state index is 0.236. The SMILES string of the molecule is CCCCCC(C)(c1ccc(C)c(O)c1C)c1ccc(C)c(O)c1C. The first kappa shape index (κ1) is 19.4. The van der Waals surface area contributed by atoms with Gasteiger partial charge in [0.05, 0.1) is 0 Å². The quantitative estimate of drug-likeness (QED) is 0.613. The van der Waals surface area contributed by atoms with Gasteiger partial charge in [-0.15, -0.1) is 0 Å². The number of phenolic OH excluding ortho intramolecular Hbond substituents is 2. The molecule has 0 aromatic heterocycles. The van der Waals surface area contributed by atoms with Gasteiger partial charge in [0.25, 0.3) is 0 Å². The zero-order valence-electron chi connectivity index (χ0n) is 16.5. The lowest BCUT2D eigenvalue weighted by molar-refractivity contribution is 0.442. The lowest BCUT2D eigenvalue weighted by Crippen LogP contribution is -2.26.